The summed E-state index contributed by atoms with van der Waals surface area (Å²) in [6.07, 6.45) is 1.61. The summed E-state index contributed by atoms with van der Waals surface area (Å²) in [7, 11) is -3.94. The lowest BCUT2D eigenvalue weighted by Gasteiger charge is -2.24. The van der Waals surface area contributed by atoms with Crippen LogP contribution in [0.2, 0.25) is 0 Å². The Morgan fingerprint density at radius 2 is 1.42 bits per heavy atom. The number of hydrogen-bond donors (Lipinski definition) is 0. The zero-order valence-corrected chi connectivity index (χ0v) is 19.3. The molecular formula is C26H21N3O2S2. The van der Waals surface area contributed by atoms with E-state index in [1.54, 1.807) is 10.9 Å². The molecule has 2 heterocycles. The highest BCUT2D eigenvalue weighted by atomic mass is 32.2. The van der Waals surface area contributed by atoms with Gasteiger partial charge in [0.25, 0.3) is 10.0 Å². The molecule has 0 N–H and O–H groups in total. The van der Waals surface area contributed by atoms with Crippen LogP contribution in [0, 0.1) is 0 Å². The number of hydrogen-bond acceptors (Lipinski definition) is 4. The average molecular weight is 472 g/mol. The number of aromatic nitrogens is 2. The Balaban J connectivity index is 1.67. The second-order valence-electron chi connectivity index (χ2n) is 7.43. The maximum absolute atomic E-state index is 14.2. The molecule has 5 aromatic rings. The molecule has 0 aliphatic carbocycles. The first-order valence-electron chi connectivity index (χ1n) is 10.4. The summed E-state index contributed by atoms with van der Waals surface area (Å²) in [5.74, 6) is 0. The Morgan fingerprint density at radius 1 is 0.788 bits per heavy atom. The molecule has 5 rings (SSSR count). The molecule has 0 radical (unpaired) electrons. The third kappa shape index (κ3) is 4.33. The highest BCUT2D eigenvalue weighted by Crippen LogP contribution is 2.34. The highest BCUT2D eigenvalue weighted by molar-refractivity contribution is 7.93. The number of benzene rings is 3. The van der Waals surface area contributed by atoms with Gasteiger partial charge < -0.3 is 0 Å². The number of nitrogens with zero attached hydrogens (tertiary/aromatic N) is 3. The maximum atomic E-state index is 14.2. The molecule has 0 amide bonds. The van der Waals surface area contributed by atoms with Gasteiger partial charge in [-0.25, -0.2) is 13.1 Å². The van der Waals surface area contributed by atoms with E-state index in [0.29, 0.717) is 11.4 Å². The first-order chi connectivity index (χ1) is 16.1. The summed E-state index contributed by atoms with van der Waals surface area (Å²) in [6, 6.07) is 32.1. The van der Waals surface area contributed by atoms with Crippen molar-refractivity contribution in [2.45, 2.75) is 11.4 Å². The van der Waals surface area contributed by atoms with Crippen LogP contribution in [0.25, 0.3) is 16.3 Å². The van der Waals surface area contributed by atoms with Crippen molar-refractivity contribution in [3.63, 3.8) is 0 Å². The average Bonchev–Trinajstić information content (AvgIpc) is 3.55. The van der Waals surface area contributed by atoms with Crippen LogP contribution in [-0.2, 0) is 16.6 Å². The number of sulfonamides is 1. The van der Waals surface area contributed by atoms with Crippen molar-refractivity contribution in [1.29, 1.82) is 0 Å². The predicted octanol–water partition coefficient (Wildman–Crippen LogP) is 6.00. The SMILES string of the molecule is O=S(=O)(c1cn(-c2ccccc2)nc1-c1cccs1)N(Cc1ccccc1)c1ccccc1. The summed E-state index contributed by atoms with van der Waals surface area (Å²) in [6.45, 7) is 0.216. The van der Waals surface area contributed by atoms with Gasteiger partial charge in [0.05, 0.1) is 29.0 Å². The molecular weight excluding hydrogens is 450 g/mol. The van der Waals surface area contributed by atoms with Gasteiger partial charge in [-0.2, -0.15) is 5.10 Å². The van der Waals surface area contributed by atoms with E-state index in [0.717, 1.165) is 16.1 Å². The Hall–Kier alpha value is -3.68. The topological polar surface area (TPSA) is 55.2 Å². The van der Waals surface area contributed by atoms with E-state index in [1.165, 1.54) is 15.6 Å². The Labute approximate surface area is 197 Å². The number of para-hydroxylation sites is 2. The van der Waals surface area contributed by atoms with E-state index in [1.807, 2.05) is 109 Å². The standard InChI is InChI=1S/C26H21N3O2S2/c30-33(31,29(23-15-8-3-9-16-23)19-21-11-4-1-5-12-21)25-20-28(22-13-6-2-7-14-22)27-26(25)24-17-10-18-32-24/h1-18,20H,19H2. The van der Waals surface area contributed by atoms with Crippen molar-refractivity contribution in [3.05, 3.63) is 120 Å². The van der Waals surface area contributed by atoms with E-state index >= 15 is 0 Å². The minimum absolute atomic E-state index is 0.175. The van der Waals surface area contributed by atoms with Crippen LogP contribution in [0.15, 0.2) is 120 Å². The zero-order chi connectivity index (χ0) is 22.7. The molecule has 0 bridgehead atoms. The third-order valence-corrected chi connectivity index (χ3v) is 7.89. The third-order valence-electron chi connectivity index (χ3n) is 5.24. The molecule has 164 valence electrons. The molecule has 0 unspecified atom stereocenters. The van der Waals surface area contributed by atoms with Crippen LogP contribution in [0.5, 0.6) is 0 Å². The molecule has 3 aromatic carbocycles. The molecule has 0 fully saturated rings. The van der Waals surface area contributed by atoms with E-state index in [2.05, 4.69) is 0 Å². The largest absolute Gasteiger partial charge is 0.268 e. The molecule has 7 heteroatoms. The Kier molecular flexibility index (Phi) is 5.81. The van der Waals surface area contributed by atoms with E-state index < -0.39 is 10.0 Å². The maximum Gasteiger partial charge on any atom is 0.268 e. The van der Waals surface area contributed by atoms with E-state index in [4.69, 9.17) is 5.10 Å². The fourth-order valence-corrected chi connectivity index (χ4v) is 5.99. The first kappa shape index (κ1) is 21.2. The van der Waals surface area contributed by atoms with Gasteiger partial charge in [0.2, 0.25) is 0 Å². The molecule has 0 saturated carbocycles. The van der Waals surface area contributed by atoms with Crippen LogP contribution >= 0.6 is 11.3 Å². The van der Waals surface area contributed by atoms with Gasteiger partial charge in [0, 0.05) is 0 Å². The van der Waals surface area contributed by atoms with Gasteiger partial charge in [0.1, 0.15) is 10.6 Å². The van der Waals surface area contributed by atoms with Crippen molar-refractivity contribution in [1.82, 2.24) is 9.78 Å². The monoisotopic (exact) mass is 471 g/mol. The smallest absolute Gasteiger partial charge is 0.262 e. The number of thiophene rings is 1. The van der Waals surface area contributed by atoms with Crippen LogP contribution in [0.3, 0.4) is 0 Å². The lowest BCUT2D eigenvalue weighted by Crippen LogP contribution is -2.30. The van der Waals surface area contributed by atoms with Gasteiger partial charge in [-0.15, -0.1) is 11.3 Å². The molecule has 5 nitrogen and oxygen atoms in total. The van der Waals surface area contributed by atoms with Crippen molar-refractivity contribution in [2.24, 2.45) is 0 Å². The van der Waals surface area contributed by atoms with Gasteiger partial charge in [-0.1, -0.05) is 72.8 Å². The minimum Gasteiger partial charge on any atom is -0.262 e. The fourth-order valence-electron chi connectivity index (χ4n) is 3.62. The van der Waals surface area contributed by atoms with Crippen LogP contribution < -0.4 is 4.31 Å². The normalized spacial score (nSPS) is 11.4. The van der Waals surface area contributed by atoms with Gasteiger partial charge >= 0.3 is 0 Å². The summed E-state index contributed by atoms with van der Waals surface area (Å²) in [5.41, 5.74) is 2.75. The summed E-state index contributed by atoms with van der Waals surface area (Å²) in [4.78, 5) is 0.976. The highest BCUT2D eigenvalue weighted by Gasteiger charge is 2.31. The van der Waals surface area contributed by atoms with Gasteiger partial charge in [-0.05, 0) is 41.3 Å². The van der Waals surface area contributed by atoms with Gasteiger partial charge in [0.15, 0.2) is 0 Å². The Bertz CT molecular complexity index is 1430. The van der Waals surface area contributed by atoms with Crippen LogP contribution in [0.1, 0.15) is 5.56 Å². The van der Waals surface area contributed by atoms with E-state index in [-0.39, 0.29) is 11.4 Å². The number of anilines is 1. The lowest BCUT2D eigenvalue weighted by atomic mass is 10.2. The second kappa shape index (κ2) is 9.05. The zero-order valence-electron chi connectivity index (χ0n) is 17.7. The summed E-state index contributed by atoms with van der Waals surface area (Å²) >= 11 is 1.47. The molecule has 2 aromatic heterocycles. The second-order valence-corrected chi connectivity index (χ2v) is 10.2. The lowest BCUT2D eigenvalue weighted by molar-refractivity contribution is 0.590. The first-order valence-corrected chi connectivity index (χ1v) is 12.8. The molecule has 0 saturated heterocycles. The number of rotatable bonds is 7. The van der Waals surface area contributed by atoms with Crippen molar-refractivity contribution in [2.75, 3.05) is 4.31 Å². The van der Waals surface area contributed by atoms with Crippen LogP contribution in [-0.4, -0.2) is 18.2 Å². The summed E-state index contributed by atoms with van der Waals surface area (Å²) < 4.78 is 31.4. The molecule has 0 spiro atoms. The van der Waals surface area contributed by atoms with Crippen molar-refractivity contribution >= 4 is 27.0 Å². The molecule has 0 aliphatic rings. The Morgan fingerprint density at radius 3 is 2.06 bits per heavy atom. The predicted molar refractivity (Wildman–Crippen MR) is 133 cm³/mol. The van der Waals surface area contributed by atoms with Gasteiger partial charge in [-0.3, -0.25) is 4.31 Å². The molecule has 0 aliphatic heterocycles. The summed E-state index contributed by atoms with van der Waals surface area (Å²) in [5, 5.41) is 6.62. The van der Waals surface area contributed by atoms with E-state index in [9.17, 15) is 8.42 Å². The molecule has 0 atom stereocenters. The van der Waals surface area contributed by atoms with Crippen molar-refractivity contribution < 1.29 is 8.42 Å². The molecule has 33 heavy (non-hydrogen) atoms. The van der Waals surface area contributed by atoms with Crippen molar-refractivity contribution in [3.8, 4) is 16.3 Å². The van der Waals surface area contributed by atoms with Crippen LogP contribution in [0.4, 0.5) is 5.69 Å². The minimum atomic E-state index is -3.94. The quantitative estimate of drug-likeness (QED) is 0.293. The fraction of sp³-hybridized carbons (Fsp3) is 0.0385.